The predicted molar refractivity (Wildman–Crippen MR) is 90.1 cm³/mol. The van der Waals surface area contributed by atoms with Crippen molar-refractivity contribution in [2.24, 2.45) is 5.92 Å². The van der Waals surface area contributed by atoms with Crippen LogP contribution in [0, 0.1) is 5.92 Å². The number of hydrogen-bond acceptors (Lipinski definition) is 7. The summed E-state index contributed by atoms with van der Waals surface area (Å²) in [6, 6.07) is 4.67. The number of nitrogens with one attached hydrogen (secondary N) is 1. The summed E-state index contributed by atoms with van der Waals surface area (Å²) in [6.07, 6.45) is 3.08. The third kappa shape index (κ3) is 2.70. The van der Waals surface area contributed by atoms with Crippen molar-refractivity contribution in [3.8, 4) is 0 Å². The largest absolute Gasteiger partial charge is 0.316 e. The fraction of sp³-hybridized carbons (Fsp3) is 0.533. The van der Waals surface area contributed by atoms with Crippen molar-refractivity contribution in [2.75, 3.05) is 13.1 Å². The zero-order chi connectivity index (χ0) is 16.7. The van der Waals surface area contributed by atoms with Crippen LogP contribution in [0.4, 0.5) is 0 Å². The first-order valence-electron chi connectivity index (χ1n) is 8.09. The zero-order valence-corrected chi connectivity index (χ0v) is 14.6. The molecule has 0 spiro atoms. The molecule has 1 aromatic carbocycles. The highest BCUT2D eigenvalue weighted by Gasteiger charge is 2.44. The normalized spacial score (nSPS) is 21.8. The summed E-state index contributed by atoms with van der Waals surface area (Å²) >= 11 is 0.977. The molecule has 128 valence electrons. The molecule has 2 heterocycles. The van der Waals surface area contributed by atoms with Crippen LogP contribution in [-0.4, -0.2) is 46.5 Å². The van der Waals surface area contributed by atoms with Gasteiger partial charge in [0.1, 0.15) is 15.9 Å². The summed E-state index contributed by atoms with van der Waals surface area (Å²) in [5, 5.41) is 3.18. The van der Waals surface area contributed by atoms with E-state index in [-0.39, 0.29) is 22.8 Å². The van der Waals surface area contributed by atoms with Gasteiger partial charge in [-0.25, -0.2) is 12.7 Å². The van der Waals surface area contributed by atoms with Gasteiger partial charge in [-0.1, -0.05) is 6.07 Å². The average Bonchev–Trinajstić information content (AvgIpc) is 3.29. The van der Waals surface area contributed by atoms with Crippen molar-refractivity contribution in [1.29, 1.82) is 0 Å². The third-order valence-electron chi connectivity index (χ3n) is 4.53. The molecule has 1 unspecified atom stereocenters. The number of amides is 1. The smallest absolute Gasteiger partial charge is 0.269 e. The molecule has 2 aromatic rings. The van der Waals surface area contributed by atoms with Crippen LogP contribution < -0.4 is 5.32 Å². The molecule has 0 radical (unpaired) electrons. The van der Waals surface area contributed by atoms with Gasteiger partial charge in [-0.15, -0.1) is 0 Å². The van der Waals surface area contributed by atoms with Crippen molar-refractivity contribution in [3.63, 3.8) is 0 Å². The molecular weight excluding hydrogens is 348 g/mol. The average molecular weight is 366 g/mol. The Morgan fingerprint density at radius 1 is 1.25 bits per heavy atom. The Bertz CT molecular complexity index is 870. The topological polar surface area (TPSA) is 92.3 Å². The highest BCUT2D eigenvalue weighted by atomic mass is 32.2. The number of sulfonamides is 1. The lowest BCUT2D eigenvalue weighted by molar-refractivity contribution is -0.131. The summed E-state index contributed by atoms with van der Waals surface area (Å²) in [7, 11) is -3.92. The fourth-order valence-corrected chi connectivity index (χ4v) is 5.60. The number of carbonyl (C=O) groups excluding carboxylic acids is 1. The van der Waals surface area contributed by atoms with E-state index in [0.717, 1.165) is 48.3 Å². The molecule has 1 aliphatic carbocycles. The molecule has 24 heavy (non-hydrogen) atoms. The highest BCUT2D eigenvalue weighted by Crippen LogP contribution is 2.35. The van der Waals surface area contributed by atoms with Gasteiger partial charge in [0.15, 0.2) is 0 Å². The standard InChI is InChI=1S/C15H18N4O3S2/c20-15(10-3-2-8-16-9-10)19(11-6-7-11)24(21,22)13-5-1-4-12-14(13)18-23-17-12/h1,4-5,10-11,16H,2-3,6-9H2. The van der Waals surface area contributed by atoms with Crippen LogP contribution in [0.2, 0.25) is 0 Å². The number of piperidine rings is 1. The molecule has 9 heteroatoms. The molecule has 0 bridgehead atoms. The fourth-order valence-electron chi connectivity index (χ4n) is 3.14. The molecule has 1 aliphatic heterocycles. The number of aromatic nitrogens is 2. The SMILES string of the molecule is O=C(C1CCCNC1)N(C1CC1)S(=O)(=O)c1cccc2nsnc12. The maximum absolute atomic E-state index is 13.2. The van der Waals surface area contributed by atoms with Gasteiger partial charge in [-0.05, 0) is 44.4 Å². The molecule has 1 saturated heterocycles. The Morgan fingerprint density at radius 3 is 2.79 bits per heavy atom. The summed E-state index contributed by atoms with van der Waals surface area (Å²) in [4.78, 5) is 13.0. The lowest BCUT2D eigenvalue weighted by atomic mass is 9.99. The first-order valence-corrected chi connectivity index (χ1v) is 10.3. The molecule has 1 atom stereocenters. The molecule has 2 fully saturated rings. The van der Waals surface area contributed by atoms with Crippen LogP contribution in [0.15, 0.2) is 23.1 Å². The maximum Gasteiger partial charge on any atom is 0.269 e. The molecule has 7 nitrogen and oxygen atoms in total. The van der Waals surface area contributed by atoms with Gasteiger partial charge in [-0.3, -0.25) is 4.79 Å². The van der Waals surface area contributed by atoms with E-state index in [4.69, 9.17) is 0 Å². The molecule has 4 rings (SSSR count). The van der Waals surface area contributed by atoms with E-state index < -0.39 is 10.0 Å². The minimum absolute atomic E-state index is 0.0813. The zero-order valence-electron chi connectivity index (χ0n) is 13.0. The Labute approximate surface area is 144 Å². The van der Waals surface area contributed by atoms with Crippen LogP contribution in [0.5, 0.6) is 0 Å². The maximum atomic E-state index is 13.2. The van der Waals surface area contributed by atoms with Crippen LogP contribution in [0.1, 0.15) is 25.7 Å². The Hall–Kier alpha value is -1.58. The molecule has 2 aliphatic rings. The van der Waals surface area contributed by atoms with E-state index in [2.05, 4.69) is 14.1 Å². The third-order valence-corrected chi connectivity index (χ3v) is 6.95. The van der Waals surface area contributed by atoms with Gasteiger partial charge in [0.25, 0.3) is 10.0 Å². The van der Waals surface area contributed by atoms with Crippen molar-refractivity contribution >= 4 is 38.7 Å². The molecule has 1 amide bonds. The van der Waals surface area contributed by atoms with E-state index in [1.54, 1.807) is 12.1 Å². The number of fused-ring (bicyclic) bond motifs is 1. The molecule has 1 N–H and O–H groups in total. The van der Waals surface area contributed by atoms with E-state index in [1.807, 2.05) is 0 Å². The summed E-state index contributed by atoms with van der Waals surface area (Å²) in [5.74, 6) is -0.563. The van der Waals surface area contributed by atoms with Crippen LogP contribution in [0.25, 0.3) is 11.0 Å². The van der Waals surface area contributed by atoms with E-state index in [9.17, 15) is 13.2 Å². The monoisotopic (exact) mass is 366 g/mol. The van der Waals surface area contributed by atoms with E-state index >= 15 is 0 Å². The van der Waals surface area contributed by atoms with Gasteiger partial charge in [0.05, 0.1) is 17.6 Å². The lowest BCUT2D eigenvalue weighted by Crippen LogP contribution is -2.46. The second-order valence-corrected chi connectivity index (χ2v) is 8.61. The van der Waals surface area contributed by atoms with Crippen LogP contribution in [-0.2, 0) is 14.8 Å². The minimum Gasteiger partial charge on any atom is -0.316 e. The number of nitrogens with zero attached hydrogens (tertiary/aromatic N) is 3. The van der Waals surface area contributed by atoms with Gasteiger partial charge >= 0.3 is 0 Å². The Balaban J connectivity index is 1.74. The predicted octanol–water partition coefficient (Wildman–Crippen LogP) is 1.37. The van der Waals surface area contributed by atoms with Crippen molar-refractivity contribution in [2.45, 2.75) is 36.6 Å². The second kappa shape index (κ2) is 6.05. The molecule has 1 saturated carbocycles. The molecular formula is C15H18N4O3S2. The highest BCUT2D eigenvalue weighted by molar-refractivity contribution is 7.90. The van der Waals surface area contributed by atoms with Gasteiger partial charge in [0.2, 0.25) is 5.91 Å². The number of carbonyl (C=O) groups is 1. The summed E-state index contributed by atoms with van der Waals surface area (Å²) in [6.45, 7) is 1.42. The Kier molecular flexibility index (Phi) is 4.01. The second-order valence-electron chi connectivity index (χ2n) is 6.30. The quantitative estimate of drug-likeness (QED) is 0.879. The van der Waals surface area contributed by atoms with Crippen molar-refractivity contribution in [1.82, 2.24) is 18.4 Å². The van der Waals surface area contributed by atoms with Crippen LogP contribution >= 0.6 is 11.7 Å². The first kappa shape index (κ1) is 15.9. The Morgan fingerprint density at radius 2 is 2.08 bits per heavy atom. The summed E-state index contributed by atoms with van der Waals surface area (Å²) in [5.41, 5.74) is 0.895. The number of benzene rings is 1. The number of rotatable bonds is 4. The van der Waals surface area contributed by atoms with Crippen molar-refractivity contribution < 1.29 is 13.2 Å². The van der Waals surface area contributed by atoms with Gasteiger partial charge in [-0.2, -0.15) is 8.75 Å². The lowest BCUT2D eigenvalue weighted by Gasteiger charge is -2.29. The van der Waals surface area contributed by atoms with Gasteiger partial charge < -0.3 is 5.32 Å². The van der Waals surface area contributed by atoms with E-state index in [0.29, 0.717) is 17.6 Å². The number of hydrogen-bond donors (Lipinski definition) is 1. The van der Waals surface area contributed by atoms with Crippen LogP contribution in [0.3, 0.4) is 0 Å². The minimum atomic E-state index is -3.92. The first-order chi connectivity index (χ1) is 11.6. The summed E-state index contributed by atoms with van der Waals surface area (Å²) < 4.78 is 35.8. The van der Waals surface area contributed by atoms with E-state index in [1.165, 1.54) is 6.07 Å². The molecule has 1 aromatic heterocycles. The van der Waals surface area contributed by atoms with Crippen molar-refractivity contribution in [3.05, 3.63) is 18.2 Å². The van der Waals surface area contributed by atoms with Gasteiger partial charge in [0, 0.05) is 12.6 Å².